The molecule has 2 heterocycles. The van der Waals surface area contributed by atoms with Crippen LogP contribution in [0.3, 0.4) is 0 Å². The second-order valence-electron chi connectivity index (χ2n) is 6.23. The van der Waals surface area contributed by atoms with Crippen molar-refractivity contribution in [2.45, 2.75) is 51.9 Å². The minimum Gasteiger partial charge on any atom is -0.434 e. The van der Waals surface area contributed by atoms with Crippen LogP contribution in [0, 0.1) is 0 Å². The molecule has 2 aromatic rings. The highest BCUT2D eigenvalue weighted by atomic mass is 79.9. The van der Waals surface area contributed by atoms with Crippen LogP contribution in [0.25, 0.3) is 0 Å². The number of amides is 1. The van der Waals surface area contributed by atoms with Crippen molar-refractivity contribution in [2.75, 3.05) is 0 Å². The molecule has 0 spiro atoms. The van der Waals surface area contributed by atoms with Crippen molar-refractivity contribution in [1.29, 1.82) is 0 Å². The van der Waals surface area contributed by atoms with Crippen LogP contribution in [0.15, 0.2) is 27.5 Å². The number of halogens is 3. The van der Waals surface area contributed by atoms with Gasteiger partial charge in [0.15, 0.2) is 0 Å². The van der Waals surface area contributed by atoms with Crippen LogP contribution in [-0.2, 0) is 30.8 Å². The fourth-order valence-corrected chi connectivity index (χ4v) is 3.42. The lowest BCUT2D eigenvalue weighted by atomic mass is 10.2. The summed E-state index contributed by atoms with van der Waals surface area (Å²) in [5, 5.41) is 6.87. The van der Waals surface area contributed by atoms with Gasteiger partial charge in [-0.1, -0.05) is 22.4 Å². The Labute approximate surface area is 162 Å². The summed E-state index contributed by atoms with van der Waals surface area (Å²) in [5.74, 6) is 0.248. The molecule has 3 rings (SSSR count). The van der Waals surface area contributed by atoms with Gasteiger partial charge < -0.3 is 10.1 Å². The van der Waals surface area contributed by atoms with E-state index in [2.05, 4.69) is 31.1 Å². The maximum atomic E-state index is 12.5. The molecule has 146 valence electrons. The number of carbonyl (C=O) groups is 1. The van der Waals surface area contributed by atoms with E-state index in [1.54, 1.807) is 16.7 Å². The lowest BCUT2D eigenvalue weighted by molar-refractivity contribution is -0.122. The lowest BCUT2D eigenvalue weighted by Gasteiger charge is -2.12. The minimum absolute atomic E-state index is 0.0113. The first kappa shape index (κ1) is 19.5. The number of rotatable bonds is 6. The number of aryl methyl sites for hydroxylation is 1. The van der Waals surface area contributed by atoms with Crippen LogP contribution in [-0.4, -0.2) is 26.9 Å². The monoisotopic (exact) mass is 444 g/mol. The van der Waals surface area contributed by atoms with Gasteiger partial charge in [0.25, 0.3) is 0 Å². The van der Waals surface area contributed by atoms with Crippen molar-refractivity contribution in [3.05, 3.63) is 44.5 Å². The lowest BCUT2D eigenvalue weighted by Crippen LogP contribution is -2.33. The molecule has 1 aromatic carbocycles. The number of carbonyl (C=O) groups excluding carboxylic acids is 1. The van der Waals surface area contributed by atoms with Gasteiger partial charge in [-0.3, -0.25) is 9.36 Å². The summed E-state index contributed by atoms with van der Waals surface area (Å²) in [6.45, 7) is -2.58. The van der Waals surface area contributed by atoms with Crippen molar-refractivity contribution in [1.82, 2.24) is 19.7 Å². The first-order valence-corrected chi connectivity index (χ1v) is 9.40. The van der Waals surface area contributed by atoms with E-state index in [9.17, 15) is 18.4 Å². The van der Waals surface area contributed by atoms with E-state index in [-0.39, 0.29) is 24.5 Å². The molecule has 0 aliphatic carbocycles. The second-order valence-corrected chi connectivity index (χ2v) is 7.14. The number of hydrogen-bond donors (Lipinski definition) is 1. The Kier molecular flexibility index (Phi) is 6.25. The predicted molar refractivity (Wildman–Crippen MR) is 96.7 cm³/mol. The molecule has 7 nitrogen and oxygen atoms in total. The zero-order chi connectivity index (χ0) is 19.4. The third-order valence-electron chi connectivity index (χ3n) is 4.29. The number of alkyl halides is 2. The molecule has 0 atom stereocenters. The Hall–Kier alpha value is -2.23. The van der Waals surface area contributed by atoms with Gasteiger partial charge in [-0.15, -0.1) is 0 Å². The van der Waals surface area contributed by atoms with Crippen molar-refractivity contribution in [3.8, 4) is 5.75 Å². The first-order chi connectivity index (χ1) is 12.9. The minimum atomic E-state index is -2.96. The molecule has 1 amide bonds. The molecule has 1 aromatic heterocycles. The van der Waals surface area contributed by atoms with Gasteiger partial charge in [0.2, 0.25) is 5.91 Å². The van der Waals surface area contributed by atoms with Crippen molar-refractivity contribution < 1.29 is 18.3 Å². The average Bonchev–Trinajstić information content (AvgIpc) is 2.78. The van der Waals surface area contributed by atoms with Gasteiger partial charge >= 0.3 is 12.3 Å². The Morgan fingerprint density at radius 1 is 1.33 bits per heavy atom. The number of benzene rings is 1. The van der Waals surface area contributed by atoms with Gasteiger partial charge in [-0.25, -0.2) is 9.48 Å². The Morgan fingerprint density at radius 3 is 2.93 bits per heavy atom. The van der Waals surface area contributed by atoms with Crippen LogP contribution >= 0.6 is 15.9 Å². The molecular weight excluding hydrogens is 426 g/mol. The normalized spacial score (nSPS) is 13.9. The molecule has 1 aliphatic rings. The second kappa shape index (κ2) is 8.64. The number of hydrogen-bond acceptors (Lipinski definition) is 4. The van der Waals surface area contributed by atoms with E-state index in [1.165, 1.54) is 6.07 Å². The number of nitrogens with one attached hydrogen (secondary N) is 1. The van der Waals surface area contributed by atoms with Gasteiger partial charge in [0.1, 0.15) is 18.1 Å². The summed E-state index contributed by atoms with van der Waals surface area (Å²) < 4.78 is 32.9. The molecule has 10 heteroatoms. The van der Waals surface area contributed by atoms with Gasteiger partial charge in [0.05, 0.1) is 0 Å². The zero-order valence-electron chi connectivity index (χ0n) is 14.5. The molecule has 0 unspecified atom stereocenters. The molecular formula is C17H19BrF2N4O3. The average molecular weight is 445 g/mol. The number of nitrogens with zero attached hydrogens (tertiary/aromatic N) is 3. The van der Waals surface area contributed by atoms with E-state index in [0.29, 0.717) is 22.4 Å². The molecule has 27 heavy (non-hydrogen) atoms. The first-order valence-electron chi connectivity index (χ1n) is 8.60. The van der Waals surface area contributed by atoms with E-state index in [1.807, 2.05) is 0 Å². The predicted octanol–water partition coefficient (Wildman–Crippen LogP) is 2.45. The summed E-state index contributed by atoms with van der Waals surface area (Å²) in [6.07, 6.45) is 3.66. The highest BCUT2D eigenvalue weighted by molar-refractivity contribution is 9.10. The van der Waals surface area contributed by atoms with Gasteiger partial charge in [-0.05, 0) is 31.0 Å². The van der Waals surface area contributed by atoms with E-state index >= 15 is 0 Å². The van der Waals surface area contributed by atoms with Crippen LogP contribution in [0.1, 0.15) is 30.7 Å². The maximum Gasteiger partial charge on any atom is 0.387 e. The zero-order valence-corrected chi connectivity index (χ0v) is 16.0. The quantitative estimate of drug-likeness (QED) is 0.741. The smallest absolute Gasteiger partial charge is 0.387 e. The topological polar surface area (TPSA) is 78.2 Å². The SMILES string of the molecule is O=C(Cn1nc2n(c1=O)CCCCC2)NCc1cc(Br)ccc1OC(F)F. The molecule has 1 N–H and O–H groups in total. The number of fused-ring (bicyclic) bond motifs is 1. The number of ether oxygens (including phenoxy) is 1. The fraction of sp³-hybridized carbons (Fsp3) is 0.471. The van der Waals surface area contributed by atoms with Crippen LogP contribution < -0.4 is 15.7 Å². The molecule has 0 saturated heterocycles. The number of aromatic nitrogens is 3. The van der Waals surface area contributed by atoms with Crippen molar-refractivity contribution in [3.63, 3.8) is 0 Å². The van der Waals surface area contributed by atoms with Crippen LogP contribution in [0.4, 0.5) is 8.78 Å². The van der Waals surface area contributed by atoms with Gasteiger partial charge in [-0.2, -0.15) is 13.9 Å². The molecule has 1 aliphatic heterocycles. The Bertz CT molecular complexity index is 882. The third kappa shape index (κ3) is 4.94. The van der Waals surface area contributed by atoms with Crippen LogP contribution in [0.2, 0.25) is 0 Å². The highest BCUT2D eigenvalue weighted by Crippen LogP contribution is 2.24. The highest BCUT2D eigenvalue weighted by Gasteiger charge is 2.17. The third-order valence-corrected chi connectivity index (χ3v) is 4.78. The van der Waals surface area contributed by atoms with Crippen molar-refractivity contribution >= 4 is 21.8 Å². The summed E-state index contributed by atoms with van der Waals surface area (Å²) in [6, 6.07) is 4.55. The maximum absolute atomic E-state index is 12.5. The Morgan fingerprint density at radius 2 is 2.15 bits per heavy atom. The standard InChI is InChI=1S/C17H19BrF2N4O3/c18-12-5-6-13(27-16(19)20)11(8-12)9-21-15(25)10-24-17(26)23-7-3-1-2-4-14(23)22-24/h5-6,8,16H,1-4,7,9-10H2,(H,21,25). The molecule has 0 fully saturated rings. The molecule has 0 bridgehead atoms. The molecule has 0 saturated carbocycles. The summed E-state index contributed by atoms with van der Waals surface area (Å²) >= 11 is 3.26. The summed E-state index contributed by atoms with van der Waals surface area (Å²) in [4.78, 5) is 24.6. The largest absolute Gasteiger partial charge is 0.434 e. The Balaban J connectivity index is 1.66. The van der Waals surface area contributed by atoms with Gasteiger partial charge in [0, 0.05) is 29.5 Å². The molecule has 0 radical (unpaired) electrons. The van der Waals surface area contributed by atoms with Crippen LogP contribution in [0.5, 0.6) is 5.75 Å². The van der Waals surface area contributed by atoms with E-state index in [4.69, 9.17) is 0 Å². The van der Waals surface area contributed by atoms with E-state index < -0.39 is 12.5 Å². The fourth-order valence-electron chi connectivity index (χ4n) is 3.01. The van der Waals surface area contributed by atoms with Crippen molar-refractivity contribution in [2.24, 2.45) is 0 Å². The summed E-state index contributed by atoms with van der Waals surface area (Å²) in [7, 11) is 0. The van der Waals surface area contributed by atoms with E-state index in [0.717, 1.165) is 30.4 Å². The summed E-state index contributed by atoms with van der Waals surface area (Å²) in [5.41, 5.74) is 0.0947.